The molecule has 4 nitrogen and oxygen atoms in total. The van der Waals surface area contributed by atoms with E-state index >= 15 is 0 Å². The summed E-state index contributed by atoms with van der Waals surface area (Å²) >= 11 is 0. The Labute approximate surface area is 150 Å². The Morgan fingerprint density at radius 1 is 1.15 bits per heavy atom. The topological polar surface area (TPSA) is 63.3 Å². The molecule has 0 spiro atoms. The molecule has 0 radical (unpaired) electrons. The molecule has 1 aromatic heterocycles. The fraction of sp³-hybridized carbons (Fsp3) is 0.368. The van der Waals surface area contributed by atoms with Crippen molar-refractivity contribution in [3.8, 4) is 0 Å². The van der Waals surface area contributed by atoms with Crippen molar-refractivity contribution in [1.29, 1.82) is 0 Å². The Bertz CT molecular complexity index is 766. The number of benzene rings is 1. The Morgan fingerprint density at radius 3 is 2.58 bits per heavy atom. The first-order chi connectivity index (χ1) is 12.4. The van der Waals surface area contributed by atoms with Crippen LogP contribution in [0.25, 0.3) is 0 Å². The molecule has 2 aromatic rings. The average molecular weight is 362 g/mol. The highest BCUT2D eigenvalue weighted by Gasteiger charge is 2.38. The molecule has 138 valence electrons. The highest BCUT2D eigenvalue weighted by molar-refractivity contribution is 5.91. The van der Waals surface area contributed by atoms with E-state index in [1.54, 1.807) is 24.4 Å². The fourth-order valence-electron chi connectivity index (χ4n) is 3.46. The minimum atomic E-state index is -4.35. The van der Waals surface area contributed by atoms with Crippen molar-refractivity contribution in [2.24, 2.45) is 10.7 Å². The molecule has 1 saturated carbocycles. The molecule has 3 rings (SSSR count). The van der Waals surface area contributed by atoms with Gasteiger partial charge >= 0.3 is 6.18 Å². The number of nitrogens with zero attached hydrogens (tertiary/aromatic N) is 2. The number of rotatable bonds is 4. The molecule has 0 saturated heterocycles. The number of alkyl halides is 3. The summed E-state index contributed by atoms with van der Waals surface area (Å²) in [5, 5.41) is 2.91. The van der Waals surface area contributed by atoms with Crippen molar-refractivity contribution in [2.75, 3.05) is 11.9 Å². The van der Waals surface area contributed by atoms with Crippen LogP contribution >= 0.6 is 0 Å². The van der Waals surface area contributed by atoms with Gasteiger partial charge < -0.3 is 11.1 Å². The summed E-state index contributed by atoms with van der Waals surface area (Å²) in [6, 6.07) is 11.0. The van der Waals surface area contributed by atoms with E-state index in [4.69, 9.17) is 5.73 Å². The van der Waals surface area contributed by atoms with Crippen molar-refractivity contribution in [2.45, 2.75) is 37.3 Å². The first kappa shape index (κ1) is 18.2. The van der Waals surface area contributed by atoms with Gasteiger partial charge in [0.05, 0.1) is 12.1 Å². The molecule has 7 heteroatoms. The van der Waals surface area contributed by atoms with Gasteiger partial charge in [-0.25, -0.2) is 4.98 Å². The van der Waals surface area contributed by atoms with Crippen LogP contribution in [0.15, 0.2) is 53.7 Å². The van der Waals surface area contributed by atoms with Gasteiger partial charge in [0.1, 0.15) is 5.82 Å². The molecule has 1 aromatic carbocycles. The van der Waals surface area contributed by atoms with Crippen LogP contribution in [-0.4, -0.2) is 17.5 Å². The molecule has 1 fully saturated rings. The predicted octanol–water partition coefficient (Wildman–Crippen LogP) is 4.34. The number of pyridine rings is 1. The summed E-state index contributed by atoms with van der Waals surface area (Å²) in [7, 11) is 0. The SMILES string of the molecule is NC(=NCC1(c2cccc(C(F)(F)F)c2)CCCC1)Nc1ccccn1. The number of nitrogens with one attached hydrogen (secondary N) is 1. The van der Waals surface area contributed by atoms with Crippen LogP contribution < -0.4 is 11.1 Å². The summed E-state index contributed by atoms with van der Waals surface area (Å²) in [6.45, 7) is 0.347. The molecular formula is C19H21F3N4. The molecule has 1 heterocycles. The summed E-state index contributed by atoms with van der Waals surface area (Å²) in [4.78, 5) is 8.52. The molecule has 0 amide bonds. The number of aromatic nitrogens is 1. The molecule has 0 bridgehead atoms. The number of halogens is 3. The molecule has 1 aliphatic carbocycles. The largest absolute Gasteiger partial charge is 0.416 e. The van der Waals surface area contributed by atoms with Crippen molar-refractivity contribution < 1.29 is 13.2 Å². The normalized spacial score (nSPS) is 17.3. The number of anilines is 1. The van der Waals surface area contributed by atoms with Crippen LogP contribution in [0.2, 0.25) is 0 Å². The van der Waals surface area contributed by atoms with Gasteiger partial charge in [0.25, 0.3) is 0 Å². The number of nitrogens with two attached hydrogens (primary N) is 1. The van der Waals surface area contributed by atoms with Crippen LogP contribution in [0.1, 0.15) is 36.8 Å². The van der Waals surface area contributed by atoms with Crippen LogP contribution in [0.5, 0.6) is 0 Å². The second-order valence-corrected chi connectivity index (χ2v) is 6.61. The minimum absolute atomic E-state index is 0.210. The van der Waals surface area contributed by atoms with Gasteiger partial charge in [-0.2, -0.15) is 13.2 Å². The lowest BCUT2D eigenvalue weighted by molar-refractivity contribution is -0.137. The monoisotopic (exact) mass is 362 g/mol. The Balaban J connectivity index is 1.81. The van der Waals surface area contributed by atoms with Gasteiger partial charge in [0.2, 0.25) is 0 Å². The maximum atomic E-state index is 13.1. The summed E-state index contributed by atoms with van der Waals surface area (Å²) in [5.74, 6) is 0.787. The maximum absolute atomic E-state index is 13.1. The van der Waals surface area contributed by atoms with Crippen LogP contribution in [-0.2, 0) is 11.6 Å². The zero-order valence-electron chi connectivity index (χ0n) is 14.3. The van der Waals surface area contributed by atoms with E-state index in [-0.39, 0.29) is 5.96 Å². The Hall–Kier alpha value is -2.57. The summed E-state index contributed by atoms with van der Waals surface area (Å²) < 4.78 is 39.2. The first-order valence-corrected chi connectivity index (χ1v) is 8.55. The highest BCUT2D eigenvalue weighted by Crippen LogP contribution is 2.43. The van der Waals surface area contributed by atoms with Crippen LogP contribution in [0, 0.1) is 0 Å². The van der Waals surface area contributed by atoms with Gasteiger partial charge in [0, 0.05) is 11.6 Å². The van der Waals surface area contributed by atoms with E-state index in [0.29, 0.717) is 17.9 Å². The van der Waals surface area contributed by atoms with E-state index in [1.807, 2.05) is 6.07 Å². The lowest BCUT2D eigenvalue weighted by atomic mass is 9.78. The predicted molar refractivity (Wildman–Crippen MR) is 95.9 cm³/mol. The Morgan fingerprint density at radius 2 is 1.92 bits per heavy atom. The molecule has 3 N–H and O–H groups in total. The smallest absolute Gasteiger partial charge is 0.370 e. The summed E-state index contributed by atoms with van der Waals surface area (Å²) in [6.07, 6.45) is 0.831. The zero-order valence-corrected chi connectivity index (χ0v) is 14.3. The molecule has 1 aliphatic rings. The van der Waals surface area contributed by atoms with Gasteiger partial charge in [-0.1, -0.05) is 37.1 Å². The molecule has 0 atom stereocenters. The van der Waals surface area contributed by atoms with E-state index in [1.165, 1.54) is 12.1 Å². The quantitative estimate of drug-likeness (QED) is 0.628. The second kappa shape index (κ2) is 7.35. The van der Waals surface area contributed by atoms with Crippen LogP contribution in [0.4, 0.5) is 19.0 Å². The van der Waals surface area contributed by atoms with E-state index in [0.717, 1.165) is 31.7 Å². The van der Waals surface area contributed by atoms with E-state index < -0.39 is 17.2 Å². The lowest BCUT2D eigenvalue weighted by Gasteiger charge is -2.28. The molecular weight excluding hydrogens is 341 g/mol. The third-order valence-corrected chi connectivity index (χ3v) is 4.84. The molecule has 26 heavy (non-hydrogen) atoms. The van der Waals surface area contributed by atoms with Gasteiger partial charge in [-0.3, -0.25) is 4.99 Å². The van der Waals surface area contributed by atoms with Crippen molar-refractivity contribution in [3.05, 3.63) is 59.8 Å². The Kier molecular flexibility index (Phi) is 5.15. The minimum Gasteiger partial charge on any atom is -0.370 e. The molecule has 0 unspecified atom stereocenters. The third-order valence-electron chi connectivity index (χ3n) is 4.84. The van der Waals surface area contributed by atoms with Crippen molar-refractivity contribution in [3.63, 3.8) is 0 Å². The lowest BCUT2D eigenvalue weighted by Crippen LogP contribution is -2.30. The standard InChI is InChI=1S/C19H21F3N4/c20-19(21,22)15-7-5-6-14(12-15)18(9-2-3-10-18)13-25-17(23)26-16-8-1-4-11-24-16/h1,4-8,11-12H,2-3,9-10,13H2,(H3,23,24,25,26). The first-order valence-electron chi connectivity index (χ1n) is 8.55. The van der Waals surface area contributed by atoms with Gasteiger partial charge in [-0.15, -0.1) is 0 Å². The van der Waals surface area contributed by atoms with Crippen molar-refractivity contribution in [1.82, 2.24) is 4.98 Å². The maximum Gasteiger partial charge on any atom is 0.416 e. The number of hydrogen-bond donors (Lipinski definition) is 2. The van der Waals surface area contributed by atoms with Gasteiger partial charge in [-0.05, 0) is 36.6 Å². The van der Waals surface area contributed by atoms with Crippen molar-refractivity contribution >= 4 is 11.8 Å². The third kappa shape index (κ3) is 4.15. The average Bonchev–Trinajstić information content (AvgIpc) is 3.11. The highest BCUT2D eigenvalue weighted by atomic mass is 19.4. The zero-order chi connectivity index (χ0) is 18.6. The summed E-state index contributed by atoms with van der Waals surface area (Å²) in [5.41, 5.74) is 5.59. The number of guanidine groups is 1. The number of hydrogen-bond acceptors (Lipinski definition) is 2. The van der Waals surface area contributed by atoms with E-state index in [9.17, 15) is 13.2 Å². The fourth-order valence-corrected chi connectivity index (χ4v) is 3.46. The second-order valence-electron chi connectivity index (χ2n) is 6.61. The van der Waals surface area contributed by atoms with Gasteiger partial charge in [0.15, 0.2) is 5.96 Å². The molecule has 0 aliphatic heterocycles. The number of aliphatic imine (C=N–C) groups is 1. The van der Waals surface area contributed by atoms with Crippen LogP contribution in [0.3, 0.4) is 0 Å². The van der Waals surface area contributed by atoms with E-state index in [2.05, 4.69) is 15.3 Å².